The van der Waals surface area contributed by atoms with Gasteiger partial charge in [0.15, 0.2) is 16.6 Å². The highest BCUT2D eigenvalue weighted by atomic mass is 32.1. The molecule has 0 saturated carbocycles. The van der Waals surface area contributed by atoms with E-state index in [2.05, 4.69) is 5.32 Å². The number of nitrogens with zero attached hydrogens (tertiary/aromatic N) is 1. The molecular formula is C21H20N2O4S. The molecule has 2 aliphatic rings. The Morgan fingerprint density at radius 1 is 1.21 bits per heavy atom. The van der Waals surface area contributed by atoms with Crippen molar-refractivity contribution in [3.8, 4) is 11.5 Å². The van der Waals surface area contributed by atoms with Crippen molar-refractivity contribution in [1.29, 1.82) is 0 Å². The Morgan fingerprint density at radius 3 is 2.75 bits per heavy atom. The summed E-state index contributed by atoms with van der Waals surface area (Å²) < 4.78 is 16.5. The Kier molecular flexibility index (Phi) is 4.92. The molecule has 0 fully saturated rings. The number of nitrogens with one attached hydrogen (secondary N) is 1. The van der Waals surface area contributed by atoms with Gasteiger partial charge in [0.1, 0.15) is 6.61 Å². The maximum absolute atomic E-state index is 13.0. The van der Waals surface area contributed by atoms with Crippen LogP contribution >= 0.6 is 12.2 Å². The van der Waals surface area contributed by atoms with Gasteiger partial charge < -0.3 is 24.4 Å². The van der Waals surface area contributed by atoms with E-state index >= 15 is 0 Å². The summed E-state index contributed by atoms with van der Waals surface area (Å²) in [5, 5.41) is 3.78. The number of hydrogen-bond donors (Lipinski definition) is 1. The van der Waals surface area contributed by atoms with Crippen LogP contribution in [0.25, 0.3) is 0 Å². The van der Waals surface area contributed by atoms with Crippen LogP contribution in [0.15, 0.2) is 59.8 Å². The molecule has 2 heterocycles. The molecule has 144 valence electrons. The van der Waals surface area contributed by atoms with Gasteiger partial charge in [0.05, 0.1) is 11.6 Å². The second-order valence-electron chi connectivity index (χ2n) is 6.62. The van der Waals surface area contributed by atoms with Crippen molar-refractivity contribution in [2.75, 3.05) is 13.8 Å². The van der Waals surface area contributed by atoms with Crippen molar-refractivity contribution in [2.24, 2.45) is 0 Å². The van der Waals surface area contributed by atoms with Crippen LogP contribution in [0.2, 0.25) is 0 Å². The van der Waals surface area contributed by atoms with Gasteiger partial charge in [-0.2, -0.15) is 0 Å². The number of esters is 1. The first-order chi connectivity index (χ1) is 13.5. The van der Waals surface area contributed by atoms with Crippen LogP contribution in [-0.4, -0.2) is 29.8 Å². The van der Waals surface area contributed by atoms with Crippen LogP contribution < -0.4 is 14.8 Å². The Bertz CT molecular complexity index is 958. The maximum atomic E-state index is 13.0. The van der Waals surface area contributed by atoms with E-state index < -0.39 is 6.04 Å². The molecular weight excluding hydrogens is 376 g/mol. The van der Waals surface area contributed by atoms with E-state index in [0.29, 0.717) is 22.2 Å². The SMILES string of the molecule is CC1=C(C(=O)OCc2ccccc2)C(c2ccc3c(c2)OCO3)NC(=S)N1C. The Morgan fingerprint density at radius 2 is 1.96 bits per heavy atom. The van der Waals surface area contributed by atoms with Gasteiger partial charge in [-0.05, 0) is 42.4 Å². The number of carbonyl (C=O) groups excluding carboxylic acids is 1. The number of thiocarbonyl (C=S) groups is 1. The molecule has 2 aromatic carbocycles. The fourth-order valence-electron chi connectivity index (χ4n) is 3.24. The van der Waals surface area contributed by atoms with Gasteiger partial charge in [0, 0.05) is 12.7 Å². The summed E-state index contributed by atoms with van der Waals surface area (Å²) >= 11 is 5.44. The van der Waals surface area contributed by atoms with E-state index in [1.807, 2.05) is 62.5 Å². The van der Waals surface area contributed by atoms with Crippen molar-refractivity contribution in [3.05, 3.63) is 70.9 Å². The average molecular weight is 396 g/mol. The minimum Gasteiger partial charge on any atom is -0.457 e. The highest BCUT2D eigenvalue weighted by Crippen LogP contribution is 2.38. The average Bonchev–Trinajstić information content (AvgIpc) is 3.18. The number of benzene rings is 2. The topological polar surface area (TPSA) is 60.0 Å². The zero-order valence-corrected chi connectivity index (χ0v) is 16.4. The fourth-order valence-corrected chi connectivity index (χ4v) is 3.50. The second-order valence-corrected chi connectivity index (χ2v) is 7.00. The van der Waals surface area contributed by atoms with Gasteiger partial charge >= 0.3 is 5.97 Å². The lowest BCUT2D eigenvalue weighted by Crippen LogP contribution is -2.46. The highest BCUT2D eigenvalue weighted by Gasteiger charge is 2.34. The largest absolute Gasteiger partial charge is 0.457 e. The Hall–Kier alpha value is -3.06. The number of hydrogen-bond acceptors (Lipinski definition) is 5. The molecule has 4 rings (SSSR count). The number of carbonyl (C=O) groups is 1. The van der Waals surface area contributed by atoms with E-state index in [9.17, 15) is 4.79 Å². The number of rotatable bonds is 4. The molecule has 0 radical (unpaired) electrons. The lowest BCUT2D eigenvalue weighted by Gasteiger charge is -2.35. The van der Waals surface area contributed by atoms with Gasteiger partial charge in [-0.15, -0.1) is 0 Å². The number of fused-ring (bicyclic) bond motifs is 1. The lowest BCUT2D eigenvalue weighted by molar-refractivity contribution is -0.140. The zero-order valence-electron chi connectivity index (χ0n) is 15.6. The summed E-state index contributed by atoms with van der Waals surface area (Å²) in [5.41, 5.74) is 3.06. The summed E-state index contributed by atoms with van der Waals surface area (Å²) in [5.74, 6) is 0.956. The molecule has 0 aliphatic carbocycles. The monoisotopic (exact) mass is 396 g/mol. The van der Waals surface area contributed by atoms with Gasteiger partial charge in [-0.1, -0.05) is 36.4 Å². The van der Waals surface area contributed by atoms with Crippen molar-refractivity contribution >= 4 is 23.3 Å². The molecule has 1 N–H and O–H groups in total. The zero-order chi connectivity index (χ0) is 19.7. The molecule has 0 saturated heterocycles. The minimum atomic E-state index is -0.429. The summed E-state index contributed by atoms with van der Waals surface area (Å²) in [7, 11) is 1.82. The van der Waals surface area contributed by atoms with Gasteiger partial charge in [-0.3, -0.25) is 0 Å². The molecule has 7 heteroatoms. The summed E-state index contributed by atoms with van der Waals surface area (Å²) in [6.07, 6.45) is 0. The van der Waals surface area contributed by atoms with Gasteiger partial charge in [0.25, 0.3) is 0 Å². The molecule has 1 unspecified atom stereocenters. The standard InChI is InChI=1S/C21H20N2O4S/c1-13-18(20(24)25-11-14-6-4-3-5-7-14)19(22-21(28)23(13)2)15-8-9-16-17(10-15)27-12-26-16/h3-10,19H,11-12H2,1-2H3,(H,22,28). The molecule has 2 aromatic rings. The quantitative estimate of drug-likeness (QED) is 0.629. The highest BCUT2D eigenvalue weighted by molar-refractivity contribution is 7.80. The van der Waals surface area contributed by atoms with Crippen molar-refractivity contribution < 1.29 is 19.0 Å². The van der Waals surface area contributed by atoms with Crippen LogP contribution in [0.3, 0.4) is 0 Å². The first-order valence-electron chi connectivity index (χ1n) is 8.90. The van der Waals surface area contributed by atoms with E-state index in [-0.39, 0.29) is 19.4 Å². The first kappa shape index (κ1) is 18.3. The molecule has 0 amide bonds. The third kappa shape index (κ3) is 3.41. The first-order valence-corrected chi connectivity index (χ1v) is 9.31. The van der Waals surface area contributed by atoms with Crippen LogP contribution in [0.4, 0.5) is 0 Å². The third-order valence-electron chi connectivity index (χ3n) is 4.92. The third-order valence-corrected chi connectivity index (χ3v) is 5.31. The number of ether oxygens (including phenoxy) is 3. The fraction of sp³-hybridized carbons (Fsp3) is 0.238. The van der Waals surface area contributed by atoms with Crippen molar-refractivity contribution in [3.63, 3.8) is 0 Å². The maximum Gasteiger partial charge on any atom is 0.338 e. The van der Waals surface area contributed by atoms with Crippen LogP contribution in [0.5, 0.6) is 11.5 Å². The minimum absolute atomic E-state index is 0.193. The normalized spacial score (nSPS) is 18.1. The van der Waals surface area contributed by atoms with Crippen LogP contribution in [0.1, 0.15) is 24.1 Å². The van der Waals surface area contributed by atoms with E-state index in [1.54, 1.807) is 4.90 Å². The Labute approximate surface area is 168 Å². The van der Waals surface area contributed by atoms with Crippen molar-refractivity contribution in [2.45, 2.75) is 19.6 Å². The van der Waals surface area contributed by atoms with E-state index in [1.165, 1.54) is 0 Å². The van der Waals surface area contributed by atoms with Gasteiger partial charge in [0.2, 0.25) is 6.79 Å². The molecule has 0 spiro atoms. The summed E-state index contributed by atoms with van der Waals surface area (Å²) in [6.45, 7) is 2.27. The second kappa shape index (κ2) is 7.52. The predicted octanol–water partition coefficient (Wildman–Crippen LogP) is 3.29. The molecule has 2 aliphatic heterocycles. The predicted molar refractivity (Wildman–Crippen MR) is 108 cm³/mol. The summed E-state index contributed by atoms with van der Waals surface area (Å²) in [4.78, 5) is 14.8. The molecule has 0 bridgehead atoms. The van der Waals surface area contributed by atoms with Gasteiger partial charge in [-0.25, -0.2) is 4.79 Å². The Balaban J connectivity index is 1.64. The molecule has 0 aromatic heterocycles. The van der Waals surface area contributed by atoms with E-state index in [4.69, 9.17) is 26.4 Å². The lowest BCUT2D eigenvalue weighted by atomic mass is 9.95. The molecule has 28 heavy (non-hydrogen) atoms. The van der Waals surface area contributed by atoms with Crippen LogP contribution in [-0.2, 0) is 16.1 Å². The van der Waals surface area contributed by atoms with Crippen LogP contribution in [0, 0.1) is 0 Å². The van der Waals surface area contributed by atoms with E-state index in [0.717, 1.165) is 16.8 Å². The number of allylic oxidation sites excluding steroid dienone is 1. The summed E-state index contributed by atoms with van der Waals surface area (Å²) in [6, 6.07) is 14.8. The van der Waals surface area contributed by atoms with Crippen molar-refractivity contribution in [1.82, 2.24) is 10.2 Å². The molecule has 6 nitrogen and oxygen atoms in total. The molecule has 1 atom stereocenters. The smallest absolute Gasteiger partial charge is 0.338 e.